The molecule has 0 saturated heterocycles. The van der Waals surface area contributed by atoms with Gasteiger partial charge in [-0.05, 0) is 32.7 Å². The second-order valence-electron chi connectivity index (χ2n) is 4.08. The molecule has 0 aliphatic carbocycles. The highest BCUT2D eigenvalue weighted by Gasteiger charge is 1.91. The third-order valence-electron chi connectivity index (χ3n) is 2.21. The van der Waals surface area contributed by atoms with E-state index in [9.17, 15) is 0 Å². The summed E-state index contributed by atoms with van der Waals surface area (Å²) in [6.45, 7) is 14.1. The van der Waals surface area contributed by atoms with Crippen LogP contribution in [0.25, 0.3) is 0 Å². The van der Waals surface area contributed by atoms with Crippen molar-refractivity contribution in [3.8, 4) is 0 Å². The summed E-state index contributed by atoms with van der Waals surface area (Å²) in [5, 5.41) is 3.23. The first-order chi connectivity index (χ1) is 7.66. The number of hydrogen-bond acceptors (Lipinski definition) is 1. The molecule has 0 heterocycles. The lowest BCUT2D eigenvalue weighted by Gasteiger charge is -2.01. The van der Waals surface area contributed by atoms with Gasteiger partial charge in [-0.25, -0.2) is 0 Å². The Kier molecular flexibility index (Phi) is 9.73. The fourth-order valence-corrected chi connectivity index (χ4v) is 1.18. The summed E-state index contributed by atoms with van der Waals surface area (Å²) >= 11 is 0. The molecule has 1 heteroatoms. The normalized spacial score (nSPS) is 11.4. The van der Waals surface area contributed by atoms with Gasteiger partial charge in [-0.3, -0.25) is 0 Å². The maximum atomic E-state index is 4.05. The van der Waals surface area contributed by atoms with E-state index < -0.39 is 0 Å². The molecule has 0 aliphatic rings. The van der Waals surface area contributed by atoms with Crippen LogP contribution >= 0.6 is 0 Å². The van der Waals surface area contributed by atoms with Crippen molar-refractivity contribution in [1.29, 1.82) is 0 Å². The molecule has 1 N–H and O–H groups in total. The first kappa shape index (κ1) is 14.9. The molecule has 16 heavy (non-hydrogen) atoms. The molecular weight excluding hydrogens is 194 g/mol. The highest BCUT2D eigenvalue weighted by Crippen LogP contribution is 2.11. The van der Waals surface area contributed by atoms with Gasteiger partial charge in [0.25, 0.3) is 0 Å². The van der Waals surface area contributed by atoms with Crippen molar-refractivity contribution in [3.63, 3.8) is 0 Å². The van der Waals surface area contributed by atoms with E-state index in [0.717, 1.165) is 32.4 Å². The summed E-state index contributed by atoms with van der Waals surface area (Å²) in [5.74, 6) is 0. The molecule has 0 rings (SSSR count). The van der Waals surface area contributed by atoms with Gasteiger partial charge in [0, 0.05) is 6.54 Å². The molecule has 0 radical (unpaired) electrons. The van der Waals surface area contributed by atoms with Crippen molar-refractivity contribution >= 4 is 0 Å². The van der Waals surface area contributed by atoms with Crippen LogP contribution in [0.3, 0.4) is 0 Å². The molecule has 0 atom stereocenters. The molecule has 0 bridgehead atoms. The minimum absolute atomic E-state index is 0.942. The lowest BCUT2D eigenvalue weighted by molar-refractivity contribution is 0.799. The van der Waals surface area contributed by atoms with Gasteiger partial charge in [-0.2, -0.15) is 0 Å². The highest BCUT2D eigenvalue weighted by atomic mass is 14.8. The van der Waals surface area contributed by atoms with Crippen LogP contribution < -0.4 is 5.32 Å². The summed E-state index contributed by atoms with van der Waals surface area (Å²) in [6, 6.07) is 0. The van der Waals surface area contributed by atoms with Crippen LogP contribution in [-0.2, 0) is 0 Å². The lowest BCUT2D eigenvalue weighted by Crippen LogP contribution is -2.11. The van der Waals surface area contributed by atoms with Gasteiger partial charge in [-0.15, -0.1) is 6.58 Å². The summed E-state index contributed by atoms with van der Waals surface area (Å²) in [6.07, 6.45) is 11.5. The van der Waals surface area contributed by atoms with Gasteiger partial charge in [0.15, 0.2) is 0 Å². The van der Waals surface area contributed by atoms with Crippen molar-refractivity contribution in [2.24, 2.45) is 0 Å². The van der Waals surface area contributed by atoms with Gasteiger partial charge >= 0.3 is 0 Å². The second-order valence-corrected chi connectivity index (χ2v) is 4.08. The Morgan fingerprint density at radius 1 is 1.12 bits per heavy atom. The van der Waals surface area contributed by atoms with Gasteiger partial charge in [0.1, 0.15) is 0 Å². The van der Waals surface area contributed by atoms with Crippen LogP contribution in [0, 0.1) is 0 Å². The third-order valence-corrected chi connectivity index (χ3v) is 2.21. The molecule has 0 saturated carbocycles. The van der Waals surface area contributed by atoms with E-state index in [4.69, 9.17) is 0 Å². The van der Waals surface area contributed by atoms with Crippen LogP contribution in [0.15, 0.2) is 48.6 Å². The van der Waals surface area contributed by atoms with Crippen LogP contribution in [-0.4, -0.2) is 13.1 Å². The topological polar surface area (TPSA) is 12.0 Å². The molecule has 0 amide bonds. The average Bonchev–Trinajstić information content (AvgIpc) is 2.25. The Bertz CT molecular complexity index is 259. The van der Waals surface area contributed by atoms with Crippen molar-refractivity contribution in [3.05, 3.63) is 48.6 Å². The van der Waals surface area contributed by atoms with E-state index in [1.807, 2.05) is 0 Å². The zero-order chi connectivity index (χ0) is 12.2. The van der Waals surface area contributed by atoms with E-state index in [1.165, 1.54) is 11.1 Å². The van der Waals surface area contributed by atoms with Gasteiger partial charge in [0.05, 0.1) is 0 Å². The quantitative estimate of drug-likeness (QED) is 0.351. The van der Waals surface area contributed by atoms with Crippen molar-refractivity contribution in [2.75, 3.05) is 13.1 Å². The van der Waals surface area contributed by atoms with Crippen LogP contribution in [0.4, 0.5) is 0 Å². The Morgan fingerprint density at radius 3 is 2.44 bits per heavy atom. The molecule has 1 nitrogen and oxygen atoms in total. The van der Waals surface area contributed by atoms with Gasteiger partial charge in [-0.1, -0.05) is 49.0 Å². The van der Waals surface area contributed by atoms with Crippen LogP contribution in [0.5, 0.6) is 0 Å². The molecule has 90 valence electrons. The molecule has 0 unspecified atom stereocenters. The van der Waals surface area contributed by atoms with E-state index >= 15 is 0 Å². The Hall–Kier alpha value is -1.08. The SMILES string of the molecule is C=C(C)CCC(=C)C/C=C\C=C/CNCC. The predicted molar refractivity (Wildman–Crippen MR) is 74.6 cm³/mol. The summed E-state index contributed by atoms with van der Waals surface area (Å²) in [4.78, 5) is 0. The summed E-state index contributed by atoms with van der Waals surface area (Å²) in [5.41, 5.74) is 2.51. The molecular formula is C15H25N. The van der Waals surface area contributed by atoms with Crippen LogP contribution in [0.2, 0.25) is 0 Å². The van der Waals surface area contributed by atoms with E-state index in [1.54, 1.807) is 0 Å². The minimum Gasteiger partial charge on any atom is -0.314 e. The molecule has 0 fully saturated rings. The fourth-order valence-electron chi connectivity index (χ4n) is 1.18. The lowest BCUT2D eigenvalue weighted by atomic mass is 10.1. The summed E-state index contributed by atoms with van der Waals surface area (Å²) in [7, 11) is 0. The third kappa shape index (κ3) is 11.0. The van der Waals surface area contributed by atoms with E-state index in [2.05, 4.69) is 56.6 Å². The maximum absolute atomic E-state index is 4.05. The number of rotatable bonds is 9. The first-order valence-corrected chi connectivity index (χ1v) is 6.00. The van der Waals surface area contributed by atoms with Crippen molar-refractivity contribution in [2.45, 2.75) is 33.1 Å². The van der Waals surface area contributed by atoms with Crippen molar-refractivity contribution in [1.82, 2.24) is 5.32 Å². The van der Waals surface area contributed by atoms with Crippen LogP contribution in [0.1, 0.15) is 33.1 Å². The molecule has 0 spiro atoms. The first-order valence-electron chi connectivity index (χ1n) is 6.00. The second kappa shape index (κ2) is 10.4. The maximum Gasteiger partial charge on any atom is 0.0137 e. The average molecular weight is 219 g/mol. The Morgan fingerprint density at radius 2 is 1.81 bits per heavy atom. The highest BCUT2D eigenvalue weighted by molar-refractivity contribution is 5.10. The van der Waals surface area contributed by atoms with Gasteiger partial charge in [0.2, 0.25) is 0 Å². The fraction of sp³-hybridized carbons (Fsp3) is 0.467. The Labute approximate surface area is 101 Å². The number of likely N-dealkylation sites (N-methyl/N-ethyl adjacent to an activating group) is 1. The van der Waals surface area contributed by atoms with Gasteiger partial charge < -0.3 is 5.32 Å². The standard InChI is InChI=1S/C15H25N/c1-5-16-13-9-7-6-8-10-15(4)12-11-14(2)3/h6-9,16H,2,4-5,10-13H2,1,3H3/b8-6-,9-7-. The zero-order valence-electron chi connectivity index (χ0n) is 10.8. The van der Waals surface area contributed by atoms with E-state index in [0.29, 0.717) is 0 Å². The molecule has 0 aromatic rings. The van der Waals surface area contributed by atoms with Crippen molar-refractivity contribution < 1.29 is 0 Å². The smallest absolute Gasteiger partial charge is 0.0137 e. The molecule has 0 aromatic heterocycles. The summed E-state index contributed by atoms with van der Waals surface area (Å²) < 4.78 is 0. The predicted octanol–water partition coefficient (Wildman–Crippen LogP) is 4.01. The molecule has 0 aromatic carbocycles. The molecule has 0 aliphatic heterocycles. The number of nitrogens with one attached hydrogen (secondary N) is 1. The zero-order valence-corrected chi connectivity index (χ0v) is 10.8. The minimum atomic E-state index is 0.942. The van der Waals surface area contributed by atoms with E-state index in [-0.39, 0.29) is 0 Å². The number of allylic oxidation sites excluding steroid dienone is 5. The number of hydrogen-bond donors (Lipinski definition) is 1. The largest absolute Gasteiger partial charge is 0.314 e. The Balaban J connectivity index is 3.55. The monoisotopic (exact) mass is 219 g/mol.